The Hall–Kier alpha value is -0.0200. The van der Waals surface area contributed by atoms with Crippen molar-refractivity contribution in [2.24, 2.45) is 5.92 Å². The van der Waals surface area contributed by atoms with E-state index < -0.39 is 0 Å². The SMILES string of the molecule is O=CC1CCOC2(CCSCC2)C1. The molecule has 0 amide bonds. The number of thioether (sulfide) groups is 1. The van der Waals surface area contributed by atoms with Gasteiger partial charge in [0, 0.05) is 12.5 Å². The van der Waals surface area contributed by atoms with Crippen molar-refractivity contribution in [2.75, 3.05) is 18.1 Å². The van der Waals surface area contributed by atoms with Crippen molar-refractivity contribution in [3.05, 3.63) is 0 Å². The molecule has 0 bridgehead atoms. The summed E-state index contributed by atoms with van der Waals surface area (Å²) in [5, 5.41) is 0. The molecule has 0 aliphatic carbocycles. The Balaban J connectivity index is 1.99. The van der Waals surface area contributed by atoms with Crippen molar-refractivity contribution in [1.29, 1.82) is 0 Å². The second-order valence-corrected chi connectivity index (χ2v) is 5.26. The van der Waals surface area contributed by atoms with Crippen LogP contribution in [0.4, 0.5) is 0 Å². The molecule has 0 aromatic heterocycles. The highest BCUT2D eigenvalue weighted by Gasteiger charge is 2.38. The normalized spacial score (nSPS) is 33.1. The molecule has 13 heavy (non-hydrogen) atoms. The predicted molar refractivity (Wildman–Crippen MR) is 54.0 cm³/mol. The largest absolute Gasteiger partial charge is 0.375 e. The maximum absolute atomic E-state index is 10.7. The molecule has 2 rings (SSSR count). The third-order valence-electron chi connectivity index (χ3n) is 3.13. The molecule has 2 nitrogen and oxygen atoms in total. The van der Waals surface area contributed by atoms with Gasteiger partial charge in [0.1, 0.15) is 6.29 Å². The third-order valence-corrected chi connectivity index (χ3v) is 4.11. The Morgan fingerprint density at radius 1 is 1.38 bits per heavy atom. The van der Waals surface area contributed by atoms with Crippen LogP contribution >= 0.6 is 11.8 Å². The van der Waals surface area contributed by atoms with E-state index in [4.69, 9.17) is 4.74 Å². The highest BCUT2D eigenvalue weighted by Crippen LogP contribution is 2.38. The second kappa shape index (κ2) is 4.01. The van der Waals surface area contributed by atoms with Crippen LogP contribution in [0.2, 0.25) is 0 Å². The molecule has 1 spiro atoms. The summed E-state index contributed by atoms with van der Waals surface area (Å²) in [5.74, 6) is 2.66. The van der Waals surface area contributed by atoms with E-state index in [1.54, 1.807) is 0 Å². The molecule has 0 aromatic rings. The van der Waals surface area contributed by atoms with Crippen LogP contribution in [-0.4, -0.2) is 30.0 Å². The zero-order chi connectivity index (χ0) is 9.15. The Labute approximate surface area is 83.4 Å². The van der Waals surface area contributed by atoms with Crippen LogP contribution < -0.4 is 0 Å². The van der Waals surface area contributed by atoms with Crippen molar-refractivity contribution in [1.82, 2.24) is 0 Å². The average molecular weight is 200 g/mol. The number of aldehydes is 1. The van der Waals surface area contributed by atoms with Crippen LogP contribution in [0.1, 0.15) is 25.7 Å². The average Bonchev–Trinajstić information content (AvgIpc) is 2.19. The van der Waals surface area contributed by atoms with Crippen LogP contribution in [0, 0.1) is 5.92 Å². The molecule has 0 radical (unpaired) electrons. The molecule has 2 aliphatic heterocycles. The summed E-state index contributed by atoms with van der Waals surface area (Å²) in [6.45, 7) is 0.786. The number of carbonyl (C=O) groups is 1. The van der Waals surface area contributed by atoms with Crippen LogP contribution in [0.15, 0.2) is 0 Å². The van der Waals surface area contributed by atoms with Gasteiger partial charge in [-0.3, -0.25) is 0 Å². The number of hydrogen-bond acceptors (Lipinski definition) is 3. The molecule has 3 heteroatoms. The fraction of sp³-hybridized carbons (Fsp3) is 0.900. The summed E-state index contributed by atoms with van der Waals surface area (Å²) in [7, 11) is 0. The van der Waals surface area contributed by atoms with E-state index in [0.29, 0.717) is 0 Å². The first kappa shape index (κ1) is 9.53. The molecular formula is C10H16O2S. The molecular weight excluding hydrogens is 184 g/mol. The zero-order valence-corrected chi connectivity index (χ0v) is 8.65. The van der Waals surface area contributed by atoms with Gasteiger partial charge in [0.15, 0.2) is 0 Å². The minimum Gasteiger partial charge on any atom is -0.375 e. The maximum atomic E-state index is 10.7. The fourth-order valence-corrected chi connectivity index (χ4v) is 3.51. The van der Waals surface area contributed by atoms with E-state index in [9.17, 15) is 4.79 Å². The number of hydrogen-bond donors (Lipinski definition) is 0. The molecule has 74 valence electrons. The van der Waals surface area contributed by atoms with Crippen LogP contribution in [0.5, 0.6) is 0 Å². The van der Waals surface area contributed by atoms with E-state index in [2.05, 4.69) is 0 Å². The first-order valence-electron chi connectivity index (χ1n) is 5.02. The van der Waals surface area contributed by atoms with Crippen LogP contribution in [0.3, 0.4) is 0 Å². The van der Waals surface area contributed by atoms with Crippen molar-refractivity contribution in [3.63, 3.8) is 0 Å². The van der Waals surface area contributed by atoms with E-state index in [1.165, 1.54) is 11.5 Å². The van der Waals surface area contributed by atoms with Gasteiger partial charge in [0.2, 0.25) is 0 Å². The van der Waals surface area contributed by atoms with Crippen molar-refractivity contribution < 1.29 is 9.53 Å². The molecule has 1 atom stereocenters. The first-order chi connectivity index (χ1) is 6.35. The quantitative estimate of drug-likeness (QED) is 0.604. The standard InChI is InChI=1S/C10H16O2S/c11-8-9-1-4-12-10(7-9)2-5-13-6-3-10/h8-9H,1-7H2. The Bertz CT molecular complexity index is 182. The molecule has 0 aromatic carbocycles. The second-order valence-electron chi connectivity index (χ2n) is 4.03. The lowest BCUT2D eigenvalue weighted by molar-refractivity contribution is -0.128. The lowest BCUT2D eigenvalue weighted by Crippen LogP contribution is -2.43. The zero-order valence-electron chi connectivity index (χ0n) is 7.83. The van der Waals surface area contributed by atoms with Crippen LogP contribution in [-0.2, 0) is 9.53 Å². The molecule has 0 N–H and O–H groups in total. The maximum Gasteiger partial charge on any atom is 0.123 e. The predicted octanol–water partition coefficient (Wildman–Crippen LogP) is 1.88. The Morgan fingerprint density at radius 3 is 2.85 bits per heavy atom. The number of rotatable bonds is 1. The van der Waals surface area contributed by atoms with Gasteiger partial charge in [-0.15, -0.1) is 0 Å². The van der Waals surface area contributed by atoms with Gasteiger partial charge < -0.3 is 9.53 Å². The first-order valence-corrected chi connectivity index (χ1v) is 6.17. The van der Waals surface area contributed by atoms with Crippen molar-refractivity contribution in [3.8, 4) is 0 Å². The van der Waals surface area contributed by atoms with E-state index in [-0.39, 0.29) is 11.5 Å². The lowest BCUT2D eigenvalue weighted by atomic mass is 9.82. The van der Waals surface area contributed by atoms with Gasteiger partial charge in [-0.25, -0.2) is 0 Å². The highest BCUT2D eigenvalue weighted by molar-refractivity contribution is 7.99. The van der Waals surface area contributed by atoms with Gasteiger partial charge in [0.25, 0.3) is 0 Å². The van der Waals surface area contributed by atoms with E-state index in [0.717, 1.165) is 38.6 Å². The van der Waals surface area contributed by atoms with Crippen LogP contribution in [0.25, 0.3) is 0 Å². The number of carbonyl (C=O) groups excluding carboxylic acids is 1. The van der Waals surface area contributed by atoms with E-state index >= 15 is 0 Å². The Morgan fingerprint density at radius 2 is 2.15 bits per heavy atom. The number of ether oxygens (including phenoxy) is 1. The van der Waals surface area contributed by atoms with Crippen molar-refractivity contribution >= 4 is 18.0 Å². The monoisotopic (exact) mass is 200 g/mol. The smallest absolute Gasteiger partial charge is 0.123 e. The summed E-state index contributed by atoms with van der Waals surface area (Å²) in [5.41, 5.74) is 0.0784. The van der Waals surface area contributed by atoms with Gasteiger partial charge >= 0.3 is 0 Å². The third kappa shape index (κ3) is 2.08. The Kier molecular flexibility index (Phi) is 2.94. The van der Waals surface area contributed by atoms with Gasteiger partial charge in [0.05, 0.1) is 5.60 Å². The highest BCUT2D eigenvalue weighted by atomic mass is 32.2. The summed E-state index contributed by atoms with van der Waals surface area (Å²) in [6, 6.07) is 0. The van der Waals surface area contributed by atoms with Gasteiger partial charge in [-0.1, -0.05) is 0 Å². The summed E-state index contributed by atoms with van der Waals surface area (Å²) in [4.78, 5) is 10.7. The fourth-order valence-electron chi connectivity index (χ4n) is 2.27. The van der Waals surface area contributed by atoms with Gasteiger partial charge in [-0.05, 0) is 37.2 Å². The molecule has 0 saturated carbocycles. The molecule has 1 unspecified atom stereocenters. The summed E-state index contributed by atoms with van der Waals surface area (Å²) >= 11 is 2.00. The van der Waals surface area contributed by atoms with Gasteiger partial charge in [-0.2, -0.15) is 11.8 Å². The minimum atomic E-state index is 0.0784. The topological polar surface area (TPSA) is 26.3 Å². The molecule has 2 saturated heterocycles. The van der Waals surface area contributed by atoms with Crippen molar-refractivity contribution in [2.45, 2.75) is 31.3 Å². The van der Waals surface area contributed by atoms with E-state index in [1.807, 2.05) is 11.8 Å². The molecule has 2 heterocycles. The molecule has 2 aliphatic rings. The lowest BCUT2D eigenvalue weighted by Gasteiger charge is -2.42. The summed E-state index contributed by atoms with van der Waals surface area (Å²) in [6.07, 6.45) is 5.30. The molecule has 2 fully saturated rings. The minimum absolute atomic E-state index is 0.0784. The summed E-state index contributed by atoms with van der Waals surface area (Å²) < 4.78 is 5.87.